The third-order valence-electron chi connectivity index (χ3n) is 2.87. The average molecular weight is 284 g/mol. The van der Waals surface area contributed by atoms with Gasteiger partial charge in [-0.3, -0.25) is 4.79 Å². The van der Waals surface area contributed by atoms with E-state index in [0.29, 0.717) is 9.79 Å². The molecule has 0 bridgehead atoms. The zero-order chi connectivity index (χ0) is 13.4. The molecule has 1 amide bonds. The predicted octanol–water partition coefficient (Wildman–Crippen LogP) is 3.00. The molecule has 0 aliphatic rings. The lowest BCUT2D eigenvalue weighted by Crippen LogP contribution is -2.30. The fourth-order valence-electron chi connectivity index (χ4n) is 1.99. The minimum Gasteiger partial charge on any atom is -0.347 e. The number of likely N-dealkylation sites (N-methyl/N-ethyl adjacent to an activating group) is 1. The molecule has 0 aliphatic heterocycles. The molecule has 0 radical (unpaired) electrons. The van der Waals surface area contributed by atoms with Crippen LogP contribution in [0.4, 0.5) is 0 Å². The summed E-state index contributed by atoms with van der Waals surface area (Å²) in [6, 6.07) is 5.13. The molecule has 1 heterocycles. The summed E-state index contributed by atoms with van der Waals surface area (Å²) in [6.07, 6.45) is 0. The van der Waals surface area contributed by atoms with Crippen molar-refractivity contribution in [2.45, 2.75) is 13.0 Å². The first-order valence-electron chi connectivity index (χ1n) is 5.53. The largest absolute Gasteiger partial charge is 0.347 e. The third kappa shape index (κ3) is 2.04. The molecule has 2 rings (SSSR count). The summed E-state index contributed by atoms with van der Waals surface area (Å²) in [7, 11) is 3.44. The Kier molecular flexibility index (Phi) is 3.45. The van der Waals surface area contributed by atoms with Crippen molar-refractivity contribution < 1.29 is 4.79 Å². The van der Waals surface area contributed by atoms with Crippen LogP contribution < -0.4 is 0 Å². The zero-order valence-electron chi connectivity index (χ0n) is 10.4. The van der Waals surface area contributed by atoms with E-state index in [-0.39, 0.29) is 11.9 Å². The fourth-order valence-corrected chi connectivity index (χ4v) is 2.62. The number of H-pyrrole nitrogens is 1. The first-order chi connectivity index (χ1) is 8.43. The Morgan fingerprint density at radius 1 is 1.50 bits per heavy atom. The lowest BCUT2D eigenvalue weighted by Gasteiger charge is -2.19. The van der Waals surface area contributed by atoms with Crippen LogP contribution in [-0.4, -0.2) is 34.5 Å². The molecule has 0 saturated heterocycles. The smallest absolute Gasteiger partial charge is 0.244 e. The van der Waals surface area contributed by atoms with E-state index >= 15 is 0 Å². The SMILES string of the molecule is CC(C(=O)N(C)C)n1c(=S)[nH]c2cccc(Cl)c21. The van der Waals surface area contributed by atoms with Crippen molar-refractivity contribution in [1.82, 2.24) is 14.5 Å². The minimum absolute atomic E-state index is 0.0214. The molecule has 1 atom stereocenters. The van der Waals surface area contributed by atoms with E-state index in [4.69, 9.17) is 23.8 Å². The highest BCUT2D eigenvalue weighted by Crippen LogP contribution is 2.26. The van der Waals surface area contributed by atoms with Gasteiger partial charge in [0.2, 0.25) is 5.91 Å². The van der Waals surface area contributed by atoms with E-state index in [9.17, 15) is 4.79 Å². The van der Waals surface area contributed by atoms with Gasteiger partial charge in [-0.15, -0.1) is 0 Å². The Labute approximate surface area is 115 Å². The minimum atomic E-state index is -0.388. The number of para-hydroxylation sites is 1. The van der Waals surface area contributed by atoms with Crippen LogP contribution in [0.25, 0.3) is 11.0 Å². The maximum atomic E-state index is 12.1. The zero-order valence-corrected chi connectivity index (χ0v) is 12.0. The summed E-state index contributed by atoms with van der Waals surface area (Å²) in [5.41, 5.74) is 1.61. The highest BCUT2D eigenvalue weighted by Gasteiger charge is 2.21. The molecular formula is C12H14ClN3OS. The van der Waals surface area contributed by atoms with E-state index in [1.165, 1.54) is 0 Å². The number of halogens is 1. The van der Waals surface area contributed by atoms with Gasteiger partial charge in [-0.1, -0.05) is 17.7 Å². The number of aromatic amines is 1. The molecule has 0 spiro atoms. The van der Waals surface area contributed by atoms with Gasteiger partial charge < -0.3 is 14.5 Å². The summed E-state index contributed by atoms with van der Waals surface area (Å²) < 4.78 is 2.26. The Morgan fingerprint density at radius 2 is 2.17 bits per heavy atom. The Hall–Kier alpha value is -1.33. The number of benzene rings is 1. The monoisotopic (exact) mass is 283 g/mol. The molecule has 1 unspecified atom stereocenters. The average Bonchev–Trinajstić information content (AvgIpc) is 2.64. The number of carbonyl (C=O) groups is 1. The molecule has 1 aromatic carbocycles. The third-order valence-corrected chi connectivity index (χ3v) is 3.48. The van der Waals surface area contributed by atoms with Crippen molar-refractivity contribution in [2.24, 2.45) is 0 Å². The second kappa shape index (κ2) is 4.74. The summed E-state index contributed by atoms with van der Waals surface area (Å²) in [6.45, 7) is 1.81. The van der Waals surface area contributed by atoms with Crippen molar-refractivity contribution >= 4 is 40.8 Å². The fraction of sp³-hybridized carbons (Fsp3) is 0.333. The van der Waals surface area contributed by atoms with Crippen molar-refractivity contribution in [2.75, 3.05) is 14.1 Å². The first kappa shape index (κ1) is 13.1. The summed E-state index contributed by atoms with van der Waals surface area (Å²) >= 11 is 11.5. The van der Waals surface area contributed by atoms with Gasteiger partial charge in [-0.2, -0.15) is 0 Å². The van der Waals surface area contributed by atoms with Crippen LogP contribution in [-0.2, 0) is 4.79 Å². The molecule has 1 N–H and O–H groups in total. The van der Waals surface area contributed by atoms with Crippen LogP contribution in [0.3, 0.4) is 0 Å². The van der Waals surface area contributed by atoms with Gasteiger partial charge >= 0.3 is 0 Å². The van der Waals surface area contributed by atoms with Crippen molar-refractivity contribution in [3.63, 3.8) is 0 Å². The quantitative estimate of drug-likeness (QED) is 0.861. The molecule has 0 aliphatic carbocycles. The molecule has 2 aromatic rings. The van der Waals surface area contributed by atoms with Gasteiger partial charge in [-0.25, -0.2) is 0 Å². The Morgan fingerprint density at radius 3 is 2.78 bits per heavy atom. The van der Waals surface area contributed by atoms with Crippen molar-refractivity contribution in [3.8, 4) is 0 Å². The standard InChI is InChI=1S/C12H14ClN3OS/c1-7(11(17)15(2)3)16-10-8(13)5-4-6-9(10)14-12(16)18/h4-7H,1-3H3,(H,14,18). The molecule has 4 nitrogen and oxygen atoms in total. The highest BCUT2D eigenvalue weighted by molar-refractivity contribution is 7.71. The van der Waals surface area contributed by atoms with Crippen LogP contribution >= 0.6 is 23.8 Å². The summed E-state index contributed by atoms with van der Waals surface area (Å²) in [4.78, 5) is 16.7. The number of fused-ring (bicyclic) bond motifs is 1. The summed E-state index contributed by atoms with van der Waals surface area (Å²) in [5, 5.41) is 0.582. The molecule has 6 heteroatoms. The van der Waals surface area contributed by atoms with Crippen LogP contribution in [0.5, 0.6) is 0 Å². The van der Waals surface area contributed by atoms with Crippen LogP contribution in [0.2, 0.25) is 5.02 Å². The first-order valence-corrected chi connectivity index (χ1v) is 6.32. The lowest BCUT2D eigenvalue weighted by atomic mass is 10.2. The molecule has 1 aromatic heterocycles. The van der Waals surface area contributed by atoms with E-state index in [1.807, 2.05) is 19.1 Å². The van der Waals surface area contributed by atoms with E-state index in [0.717, 1.165) is 11.0 Å². The van der Waals surface area contributed by atoms with Gasteiger partial charge in [0.1, 0.15) is 6.04 Å². The summed E-state index contributed by atoms with van der Waals surface area (Å²) in [5.74, 6) is -0.0214. The normalized spacial score (nSPS) is 12.7. The number of imidazole rings is 1. The lowest BCUT2D eigenvalue weighted by molar-refractivity contribution is -0.131. The van der Waals surface area contributed by atoms with Crippen LogP contribution in [0, 0.1) is 4.77 Å². The van der Waals surface area contributed by atoms with Gasteiger partial charge in [0, 0.05) is 14.1 Å². The number of hydrogen-bond acceptors (Lipinski definition) is 2. The number of amides is 1. The predicted molar refractivity (Wildman–Crippen MR) is 75.5 cm³/mol. The molecular weight excluding hydrogens is 270 g/mol. The van der Waals surface area contributed by atoms with E-state index < -0.39 is 0 Å². The molecule has 0 saturated carbocycles. The maximum Gasteiger partial charge on any atom is 0.244 e. The van der Waals surface area contributed by atoms with E-state index in [2.05, 4.69) is 4.98 Å². The number of hydrogen-bond donors (Lipinski definition) is 1. The maximum absolute atomic E-state index is 12.1. The second-order valence-corrected chi connectivity index (χ2v) is 5.14. The van der Waals surface area contributed by atoms with Gasteiger partial charge in [0.15, 0.2) is 4.77 Å². The number of carbonyl (C=O) groups excluding carboxylic acids is 1. The van der Waals surface area contributed by atoms with Gasteiger partial charge in [0.25, 0.3) is 0 Å². The van der Waals surface area contributed by atoms with Crippen molar-refractivity contribution in [1.29, 1.82) is 0 Å². The van der Waals surface area contributed by atoms with Gasteiger partial charge in [-0.05, 0) is 31.3 Å². The number of nitrogens with one attached hydrogen (secondary N) is 1. The second-order valence-electron chi connectivity index (χ2n) is 4.34. The van der Waals surface area contributed by atoms with E-state index in [1.54, 1.807) is 29.6 Å². The Bertz CT molecular complexity index is 659. The highest BCUT2D eigenvalue weighted by atomic mass is 35.5. The van der Waals surface area contributed by atoms with Crippen LogP contribution in [0.15, 0.2) is 18.2 Å². The topological polar surface area (TPSA) is 41.0 Å². The van der Waals surface area contributed by atoms with Crippen LogP contribution in [0.1, 0.15) is 13.0 Å². The molecule has 96 valence electrons. The van der Waals surface area contributed by atoms with Gasteiger partial charge in [0.05, 0.1) is 16.1 Å². The molecule has 18 heavy (non-hydrogen) atoms. The number of rotatable bonds is 2. The van der Waals surface area contributed by atoms with Crippen molar-refractivity contribution in [3.05, 3.63) is 28.0 Å². The molecule has 0 fully saturated rings. The Balaban J connectivity index is 2.68. The number of aromatic nitrogens is 2. The number of nitrogens with zero attached hydrogens (tertiary/aromatic N) is 2.